The fraction of sp³-hybridized carbons (Fsp3) is 0.125. The van der Waals surface area contributed by atoms with Gasteiger partial charge in [0.15, 0.2) is 0 Å². The summed E-state index contributed by atoms with van der Waals surface area (Å²) in [4.78, 5) is 27.1. The van der Waals surface area contributed by atoms with E-state index in [0.29, 0.717) is 16.9 Å². The topological polar surface area (TPSA) is 89.5 Å². The van der Waals surface area contributed by atoms with E-state index in [9.17, 15) is 14.9 Å². The van der Waals surface area contributed by atoms with Crippen LogP contribution in [0.15, 0.2) is 42.7 Å². The third-order valence-electron chi connectivity index (χ3n) is 3.52. The Balaban J connectivity index is 1.90. The number of aryl methyl sites for hydroxylation is 2. The molecule has 3 aromatic rings. The van der Waals surface area contributed by atoms with Crippen LogP contribution in [0, 0.1) is 24.0 Å². The zero-order chi connectivity index (χ0) is 16.6. The van der Waals surface area contributed by atoms with Gasteiger partial charge in [-0.2, -0.15) is 0 Å². The first-order valence-corrected chi connectivity index (χ1v) is 6.96. The van der Waals surface area contributed by atoms with Gasteiger partial charge in [0.25, 0.3) is 11.6 Å². The van der Waals surface area contributed by atoms with Crippen LogP contribution in [0.4, 0.5) is 11.4 Å². The van der Waals surface area contributed by atoms with Crippen LogP contribution < -0.4 is 5.32 Å². The number of rotatable bonds is 3. The lowest BCUT2D eigenvalue weighted by Crippen LogP contribution is -2.13. The van der Waals surface area contributed by atoms with E-state index in [1.54, 1.807) is 31.3 Å². The Morgan fingerprint density at radius 2 is 2.04 bits per heavy atom. The highest BCUT2D eigenvalue weighted by atomic mass is 16.6. The summed E-state index contributed by atoms with van der Waals surface area (Å²) in [5.41, 5.74) is 3.08. The number of imidazole rings is 1. The van der Waals surface area contributed by atoms with E-state index in [4.69, 9.17) is 0 Å². The lowest BCUT2D eigenvalue weighted by molar-refractivity contribution is -0.384. The third kappa shape index (κ3) is 2.89. The Labute approximate surface area is 131 Å². The second kappa shape index (κ2) is 5.53. The SMILES string of the molecule is Cc1cn2ccc(C(=O)Nc3cc([N+](=O)[O-])ccc3C)cc2n1. The first kappa shape index (κ1) is 14.7. The number of nitrogens with zero attached hydrogens (tertiary/aromatic N) is 3. The number of carbonyl (C=O) groups excluding carboxylic acids is 1. The van der Waals surface area contributed by atoms with E-state index in [1.165, 1.54) is 12.1 Å². The van der Waals surface area contributed by atoms with Gasteiger partial charge in [0.05, 0.1) is 16.3 Å². The van der Waals surface area contributed by atoms with Gasteiger partial charge in [0, 0.05) is 30.1 Å². The van der Waals surface area contributed by atoms with Crippen LogP contribution in [0.2, 0.25) is 0 Å². The predicted molar refractivity (Wildman–Crippen MR) is 85.7 cm³/mol. The van der Waals surface area contributed by atoms with Crippen molar-refractivity contribution in [1.82, 2.24) is 9.38 Å². The van der Waals surface area contributed by atoms with Crippen molar-refractivity contribution in [2.24, 2.45) is 0 Å². The molecule has 0 saturated carbocycles. The van der Waals surface area contributed by atoms with Gasteiger partial charge < -0.3 is 9.72 Å². The molecule has 2 heterocycles. The Morgan fingerprint density at radius 3 is 2.78 bits per heavy atom. The molecule has 0 bridgehead atoms. The molecule has 0 atom stereocenters. The molecule has 0 saturated heterocycles. The van der Waals surface area contributed by atoms with Crippen LogP contribution in [-0.2, 0) is 0 Å². The van der Waals surface area contributed by atoms with Crippen molar-refractivity contribution >= 4 is 22.9 Å². The minimum absolute atomic E-state index is 0.0646. The molecule has 7 nitrogen and oxygen atoms in total. The average Bonchev–Trinajstić information content (AvgIpc) is 2.88. The number of hydrogen-bond donors (Lipinski definition) is 1. The number of benzene rings is 1. The molecule has 1 N–H and O–H groups in total. The molecule has 1 aromatic carbocycles. The van der Waals surface area contributed by atoms with E-state index < -0.39 is 4.92 Å². The lowest BCUT2D eigenvalue weighted by Gasteiger charge is -2.08. The van der Waals surface area contributed by atoms with E-state index in [2.05, 4.69) is 10.3 Å². The number of aromatic nitrogens is 2. The van der Waals surface area contributed by atoms with E-state index in [0.717, 1.165) is 11.3 Å². The van der Waals surface area contributed by atoms with Gasteiger partial charge in [-0.3, -0.25) is 14.9 Å². The number of anilines is 1. The summed E-state index contributed by atoms with van der Waals surface area (Å²) in [6, 6.07) is 7.72. The number of hydrogen-bond acceptors (Lipinski definition) is 4. The fourth-order valence-corrected chi connectivity index (χ4v) is 2.30. The zero-order valence-corrected chi connectivity index (χ0v) is 12.6. The Bertz CT molecular complexity index is 930. The van der Waals surface area contributed by atoms with Gasteiger partial charge in [-0.1, -0.05) is 6.07 Å². The Morgan fingerprint density at radius 1 is 1.26 bits per heavy atom. The maximum Gasteiger partial charge on any atom is 0.271 e. The fourth-order valence-electron chi connectivity index (χ4n) is 2.30. The number of nitrogens with one attached hydrogen (secondary N) is 1. The first-order chi connectivity index (χ1) is 10.9. The highest BCUT2D eigenvalue weighted by Gasteiger charge is 2.13. The highest BCUT2D eigenvalue weighted by molar-refractivity contribution is 6.05. The quantitative estimate of drug-likeness (QED) is 0.594. The molecule has 2 aromatic heterocycles. The number of amides is 1. The third-order valence-corrected chi connectivity index (χ3v) is 3.52. The van der Waals surface area contributed by atoms with Gasteiger partial charge in [-0.25, -0.2) is 4.98 Å². The maximum absolute atomic E-state index is 12.4. The minimum Gasteiger partial charge on any atom is -0.321 e. The molecule has 0 spiro atoms. The number of nitro groups is 1. The largest absolute Gasteiger partial charge is 0.321 e. The molecular formula is C16H14N4O3. The van der Waals surface area contributed by atoms with Gasteiger partial charge in [-0.05, 0) is 31.5 Å². The highest BCUT2D eigenvalue weighted by Crippen LogP contribution is 2.22. The summed E-state index contributed by atoms with van der Waals surface area (Å²) < 4.78 is 1.82. The maximum atomic E-state index is 12.4. The second-order valence-corrected chi connectivity index (χ2v) is 5.27. The second-order valence-electron chi connectivity index (χ2n) is 5.27. The predicted octanol–water partition coefficient (Wildman–Crippen LogP) is 3.11. The molecule has 7 heteroatoms. The number of non-ortho nitro benzene ring substituents is 1. The summed E-state index contributed by atoms with van der Waals surface area (Å²) >= 11 is 0. The van der Waals surface area contributed by atoms with Crippen LogP contribution >= 0.6 is 0 Å². The van der Waals surface area contributed by atoms with Gasteiger partial charge in [0.1, 0.15) is 5.65 Å². The van der Waals surface area contributed by atoms with Crippen molar-refractivity contribution in [3.8, 4) is 0 Å². The van der Waals surface area contributed by atoms with Crippen molar-refractivity contribution in [3.05, 3.63) is 69.7 Å². The molecule has 23 heavy (non-hydrogen) atoms. The summed E-state index contributed by atoms with van der Waals surface area (Å²) in [7, 11) is 0. The summed E-state index contributed by atoms with van der Waals surface area (Å²) in [6.45, 7) is 3.65. The van der Waals surface area contributed by atoms with Crippen molar-refractivity contribution in [1.29, 1.82) is 0 Å². The van der Waals surface area contributed by atoms with Crippen LogP contribution in [0.1, 0.15) is 21.6 Å². The monoisotopic (exact) mass is 310 g/mol. The van der Waals surface area contributed by atoms with Crippen LogP contribution in [0.5, 0.6) is 0 Å². The molecule has 0 radical (unpaired) electrons. The lowest BCUT2D eigenvalue weighted by atomic mass is 10.1. The summed E-state index contributed by atoms with van der Waals surface area (Å²) in [5, 5.41) is 13.6. The molecule has 0 aliphatic rings. The van der Waals surface area contributed by atoms with E-state index in [1.807, 2.05) is 17.5 Å². The van der Waals surface area contributed by atoms with Crippen molar-refractivity contribution in [2.75, 3.05) is 5.32 Å². The standard InChI is InChI=1S/C16H14N4O3/c1-10-3-4-13(20(22)23)8-14(10)18-16(21)12-5-6-19-9-11(2)17-15(19)7-12/h3-9H,1-2H3,(H,18,21). The molecule has 0 aliphatic carbocycles. The van der Waals surface area contributed by atoms with Crippen molar-refractivity contribution in [2.45, 2.75) is 13.8 Å². The van der Waals surface area contributed by atoms with Crippen LogP contribution in [-0.4, -0.2) is 20.2 Å². The first-order valence-electron chi connectivity index (χ1n) is 6.96. The van der Waals surface area contributed by atoms with Crippen LogP contribution in [0.3, 0.4) is 0 Å². The van der Waals surface area contributed by atoms with Gasteiger partial charge >= 0.3 is 0 Å². The zero-order valence-electron chi connectivity index (χ0n) is 12.6. The number of pyridine rings is 1. The Kier molecular flexibility index (Phi) is 3.53. The van der Waals surface area contributed by atoms with Crippen molar-refractivity contribution in [3.63, 3.8) is 0 Å². The van der Waals surface area contributed by atoms with E-state index in [-0.39, 0.29) is 11.6 Å². The molecule has 0 unspecified atom stereocenters. The molecule has 116 valence electrons. The molecule has 1 amide bonds. The summed E-state index contributed by atoms with van der Waals surface area (Å²) in [5.74, 6) is -0.336. The van der Waals surface area contributed by atoms with Gasteiger partial charge in [0.2, 0.25) is 0 Å². The van der Waals surface area contributed by atoms with Crippen molar-refractivity contribution < 1.29 is 9.72 Å². The molecular weight excluding hydrogens is 296 g/mol. The number of fused-ring (bicyclic) bond motifs is 1. The minimum atomic E-state index is -0.492. The number of carbonyl (C=O) groups is 1. The van der Waals surface area contributed by atoms with Gasteiger partial charge in [-0.15, -0.1) is 0 Å². The Hall–Kier alpha value is -3.22. The summed E-state index contributed by atoms with van der Waals surface area (Å²) in [6.07, 6.45) is 3.62. The molecule has 0 aliphatic heterocycles. The normalized spacial score (nSPS) is 10.7. The van der Waals surface area contributed by atoms with E-state index >= 15 is 0 Å². The molecule has 3 rings (SSSR count). The number of nitro benzene ring substituents is 1. The smallest absolute Gasteiger partial charge is 0.271 e. The van der Waals surface area contributed by atoms with Crippen LogP contribution in [0.25, 0.3) is 5.65 Å². The average molecular weight is 310 g/mol. The molecule has 0 fully saturated rings.